The molecule has 0 unspecified atom stereocenters. The highest BCUT2D eigenvalue weighted by molar-refractivity contribution is 6.35. The van der Waals surface area contributed by atoms with Crippen molar-refractivity contribution in [3.8, 4) is 11.3 Å². The Balaban J connectivity index is 1.88. The van der Waals surface area contributed by atoms with Crippen LogP contribution in [0, 0.1) is 0 Å². The molecule has 3 aromatic rings. The number of hydrogen-bond acceptors (Lipinski definition) is 3. The first kappa shape index (κ1) is 17.0. The van der Waals surface area contributed by atoms with E-state index in [0.29, 0.717) is 22.9 Å². The summed E-state index contributed by atoms with van der Waals surface area (Å²) in [4.78, 5) is 13.3. The summed E-state index contributed by atoms with van der Waals surface area (Å²) in [6.45, 7) is 2.73. The topological polar surface area (TPSA) is 44.1 Å². The van der Waals surface area contributed by atoms with E-state index >= 15 is 0 Å². The van der Waals surface area contributed by atoms with Crippen molar-refractivity contribution in [1.82, 2.24) is 9.78 Å². The van der Waals surface area contributed by atoms with E-state index in [0.717, 1.165) is 29.7 Å². The summed E-state index contributed by atoms with van der Waals surface area (Å²) < 4.78 is 7.24. The highest BCUT2D eigenvalue weighted by Gasteiger charge is 2.29. The van der Waals surface area contributed by atoms with Gasteiger partial charge in [0.1, 0.15) is 12.4 Å². The Morgan fingerprint density at radius 3 is 2.73 bits per heavy atom. The lowest BCUT2D eigenvalue weighted by Crippen LogP contribution is -2.16. The third-order valence-corrected chi connectivity index (χ3v) is 5.05. The molecule has 0 saturated heterocycles. The Labute approximate surface area is 157 Å². The number of benzene rings is 2. The van der Waals surface area contributed by atoms with Crippen molar-refractivity contribution in [2.75, 3.05) is 6.61 Å². The van der Waals surface area contributed by atoms with E-state index in [2.05, 4.69) is 12.1 Å². The fourth-order valence-corrected chi connectivity index (χ4v) is 3.70. The summed E-state index contributed by atoms with van der Waals surface area (Å²) in [5.74, 6) is -0.108. The molecule has 0 N–H and O–H groups in total. The van der Waals surface area contributed by atoms with Gasteiger partial charge in [0, 0.05) is 23.3 Å². The SMILES string of the molecule is CCOCn1nc2c(c1C(=O)c1ccccc1Cl)CCc1ccccc1-2. The zero-order valence-corrected chi connectivity index (χ0v) is 15.3. The third-order valence-electron chi connectivity index (χ3n) is 4.72. The Morgan fingerprint density at radius 1 is 1.15 bits per heavy atom. The molecule has 0 atom stereocenters. The molecule has 4 rings (SSSR count). The van der Waals surface area contributed by atoms with Crippen molar-refractivity contribution in [3.63, 3.8) is 0 Å². The summed E-state index contributed by atoms with van der Waals surface area (Å²) >= 11 is 6.28. The molecule has 0 bridgehead atoms. The van der Waals surface area contributed by atoms with E-state index in [1.54, 1.807) is 16.8 Å². The monoisotopic (exact) mass is 366 g/mol. The van der Waals surface area contributed by atoms with E-state index in [9.17, 15) is 4.79 Å². The van der Waals surface area contributed by atoms with Gasteiger partial charge in [0.05, 0.1) is 10.7 Å². The Hall–Kier alpha value is -2.43. The number of carbonyl (C=O) groups is 1. The zero-order chi connectivity index (χ0) is 18.1. The van der Waals surface area contributed by atoms with Crippen molar-refractivity contribution in [3.05, 3.63) is 75.9 Å². The van der Waals surface area contributed by atoms with E-state index in [1.807, 2.05) is 31.2 Å². The van der Waals surface area contributed by atoms with Gasteiger partial charge in [-0.3, -0.25) is 4.79 Å². The van der Waals surface area contributed by atoms with Gasteiger partial charge in [0.2, 0.25) is 5.78 Å². The second kappa shape index (κ2) is 7.06. The van der Waals surface area contributed by atoms with Crippen molar-refractivity contribution >= 4 is 17.4 Å². The average Bonchev–Trinajstić information content (AvgIpc) is 3.05. The molecule has 5 heteroatoms. The lowest BCUT2D eigenvalue weighted by molar-refractivity contribution is 0.0745. The number of rotatable bonds is 5. The first-order valence-electron chi connectivity index (χ1n) is 8.75. The molecule has 1 heterocycles. The molecule has 0 radical (unpaired) electrons. The van der Waals surface area contributed by atoms with Crippen LogP contribution in [-0.4, -0.2) is 22.2 Å². The second-order valence-corrected chi connectivity index (χ2v) is 6.67. The molecule has 4 nitrogen and oxygen atoms in total. The highest BCUT2D eigenvalue weighted by Crippen LogP contribution is 2.35. The first-order chi connectivity index (χ1) is 12.7. The van der Waals surface area contributed by atoms with Crippen LogP contribution in [0.25, 0.3) is 11.3 Å². The van der Waals surface area contributed by atoms with Gasteiger partial charge in [-0.1, -0.05) is 48.0 Å². The maximum atomic E-state index is 13.3. The molecule has 1 aromatic heterocycles. The summed E-state index contributed by atoms with van der Waals surface area (Å²) in [5, 5.41) is 5.18. The minimum Gasteiger partial charge on any atom is -0.360 e. The van der Waals surface area contributed by atoms with E-state index < -0.39 is 0 Å². The molecule has 2 aromatic carbocycles. The summed E-state index contributed by atoms with van der Waals surface area (Å²) in [6.07, 6.45) is 1.68. The van der Waals surface area contributed by atoms with Crippen LogP contribution >= 0.6 is 11.6 Å². The molecule has 0 aliphatic heterocycles. The number of halogens is 1. The molecule has 0 fully saturated rings. The Bertz CT molecular complexity index is 978. The molecular formula is C21H19ClN2O2. The van der Waals surface area contributed by atoms with Gasteiger partial charge in [0.15, 0.2) is 0 Å². The Kier molecular flexibility index (Phi) is 4.62. The van der Waals surface area contributed by atoms with Crippen LogP contribution in [0.1, 0.15) is 34.1 Å². The molecule has 1 aliphatic carbocycles. The third kappa shape index (κ3) is 2.85. The quantitative estimate of drug-likeness (QED) is 0.623. The van der Waals surface area contributed by atoms with E-state index in [4.69, 9.17) is 21.4 Å². The van der Waals surface area contributed by atoms with E-state index in [-0.39, 0.29) is 12.5 Å². The van der Waals surface area contributed by atoms with Gasteiger partial charge >= 0.3 is 0 Å². The number of aromatic nitrogens is 2. The van der Waals surface area contributed by atoms with Gasteiger partial charge in [-0.2, -0.15) is 5.10 Å². The predicted octanol–water partition coefficient (Wildman–Crippen LogP) is 4.53. The number of aryl methyl sites for hydroxylation is 1. The fourth-order valence-electron chi connectivity index (χ4n) is 3.48. The summed E-state index contributed by atoms with van der Waals surface area (Å²) in [5.41, 5.74) is 5.29. The molecule has 0 saturated carbocycles. The van der Waals surface area contributed by atoms with Crippen LogP contribution in [0.2, 0.25) is 5.02 Å². The average molecular weight is 367 g/mol. The first-order valence-corrected chi connectivity index (χ1v) is 9.13. The van der Waals surface area contributed by atoms with Crippen LogP contribution < -0.4 is 0 Å². The van der Waals surface area contributed by atoms with Crippen LogP contribution in [0.15, 0.2) is 48.5 Å². The smallest absolute Gasteiger partial charge is 0.212 e. The van der Waals surface area contributed by atoms with Crippen LogP contribution in [0.5, 0.6) is 0 Å². The maximum absolute atomic E-state index is 13.3. The van der Waals surface area contributed by atoms with Crippen LogP contribution in [0.3, 0.4) is 0 Å². The standard InChI is InChI=1S/C21H19ClN2O2/c1-2-26-13-24-20(21(25)16-9-5-6-10-18(16)22)17-12-11-14-7-3-4-8-15(14)19(17)23-24/h3-10H,2,11-13H2,1H3. The lowest BCUT2D eigenvalue weighted by atomic mass is 9.88. The molecule has 0 amide bonds. The van der Waals surface area contributed by atoms with Gasteiger partial charge in [0.25, 0.3) is 0 Å². The number of ether oxygens (including phenoxy) is 1. The van der Waals surface area contributed by atoms with Crippen molar-refractivity contribution in [2.45, 2.75) is 26.5 Å². The minimum atomic E-state index is -0.108. The summed E-state index contributed by atoms with van der Waals surface area (Å²) in [7, 11) is 0. The van der Waals surface area contributed by atoms with Crippen molar-refractivity contribution in [1.29, 1.82) is 0 Å². The van der Waals surface area contributed by atoms with Crippen LogP contribution in [-0.2, 0) is 24.3 Å². The number of carbonyl (C=O) groups excluding carboxylic acids is 1. The maximum Gasteiger partial charge on any atom is 0.212 e. The van der Waals surface area contributed by atoms with Crippen LogP contribution in [0.4, 0.5) is 0 Å². The second-order valence-electron chi connectivity index (χ2n) is 6.26. The summed E-state index contributed by atoms with van der Waals surface area (Å²) in [6, 6.07) is 15.4. The van der Waals surface area contributed by atoms with Gasteiger partial charge in [-0.05, 0) is 37.5 Å². The molecule has 26 heavy (non-hydrogen) atoms. The molecule has 1 aliphatic rings. The van der Waals surface area contributed by atoms with E-state index in [1.165, 1.54) is 5.56 Å². The van der Waals surface area contributed by atoms with Gasteiger partial charge in [-0.25, -0.2) is 4.68 Å². The number of fused-ring (bicyclic) bond motifs is 3. The zero-order valence-electron chi connectivity index (χ0n) is 14.5. The van der Waals surface area contributed by atoms with Gasteiger partial charge < -0.3 is 4.74 Å². The molecular weight excluding hydrogens is 348 g/mol. The van der Waals surface area contributed by atoms with Gasteiger partial charge in [-0.15, -0.1) is 0 Å². The van der Waals surface area contributed by atoms with Crippen molar-refractivity contribution in [2.24, 2.45) is 0 Å². The highest BCUT2D eigenvalue weighted by atomic mass is 35.5. The van der Waals surface area contributed by atoms with Crippen molar-refractivity contribution < 1.29 is 9.53 Å². The predicted molar refractivity (Wildman–Crippen MR) is 102 cm³/mol. The fraction of sp³-hybridized carbons (Fsp3) is 0.238. The number of nitrogens with zero attached hydrogens (tertiary/aromatic N) is 2. The molecule has 132 valence electrons. The molecule has 0 spiro atoms. The minimum absolute atomic E-state index is 0.108. The number of ketones is 1. The lowest BCUT2D eigenvalue weighted by Gasteiger charge is -2.15. The Morgan fingerprint density at radius 2 is 1.92 bits per heavy atom. The largest absolute Gasteiger partial charge is 0.360 e. The number of hydrogen-bond donors (Lipinski definition) is 0. The normalized spacial score (nSPS) is 12.5.